The molecule has 0 saturated heterocycles. The normalized spacial score (nSPS) is 10.7. The Kier molecular flexibility index (Phi) is 4.84. The minimum atomic E-state index is 0.476. The van der Waals surface area contributed by atoms with E-state index in [2.05, 4.69) is 37.9 Å². The molecule has 18 heavy (non-hydrogen) atoms. The van der Waals surface area contributed by atoms with Crippen molar-refractivity contribution in [1.82, 2.24) is 0 Å². The maximum Gasteiger partial charge on any atom is 0.127 e. The molecule has 0 atom stereocenters. The smallest absolute Gasteiger partial charge is 0.127 e. The van der Waals surface area contributed by atoms with E-state index in [0.29, 0.717) is 13.2 Å². The predicted octanol–water partition coefficient (Wildman–Crippen LogP) is 4.62. The summed E-state index contributed by atoms with van der Waals surface area (Å²) < 4.78 is 8.05. The van der Waals surface area contributed by atoms with E-state index in [1.54, 1.807) is 11.3 Å². The predicted molar refractivity (Wildman–Crippen MR) is 83.1 cm³/mol. The summed E-state index contributed by atoms with van der Waals surface area (Å²) in [4.78, 5) is 1.19. The lowest BCUT2D eigenvalue weighted by Crippen LogP contribution is -2.04. The summed E-state index contributed by atoms with van der Waals surface area (Å²) in [6.07, 6.45) is 0. The highest BCUT2D eigenvalue weighted by Crippen LogP contribution is 2.30. The van der Waals surface area contributed by atoms with Gasteiger partial charge in [-0.15, -0.1) is 11.3 Å². The van der Waals surface area contributed by atoms with Gasteiger partial charge in [-0.05, 0) is 52.7 Å². The Balaban J connectivity index is 2.18. The maximum atomic E-state index is 5.90. The number of aryl methyl sites for hydroxylation is 1. The zero-order chi connectivity index (χ0) is 13.1. The van der Waals surface area contributed by atoms with Crippen LogP contribution >= 0.6 is 43.2 Å². The molecule has 0 unspecified atom stereocenters. The van der Waals surface area contributed by atoms with Crippen molar-refractivity contribution in [2.75, 3.05) is 0 Å². The summed E-state index contributed by atoms with van der Waals surface area (Å²) in [6, 6.07) is 8.14. The Morgan fingerprint density at radius 2 is 2.06 bits per heavy atom. The van der Waals surface area contributed by atoms with Gasteiger partial charge in [-0.1, -0.05) is 15.9 Å². The van der Waals surface area contributed by atoms with Crippen molar-refractivity contribution < 1.29 is 4.74 Å². The fraction of sp³-hybridized carbons (Fsp3) is 0.231. The van der Waals surface area contributed by atoms with Crippen LogP contribution in [0.25, 0.3) is 0 Å². The molecule has 2 aromatic rings. The summed E-state index contributed by atoms with van der Waals surface area (Å²) in [5.41, 5.74) is 7.88. The number of nitrogens with two attached hydrogens (primary N) is 1. The molecule has 2 rings (SSSR count). The van der Waals surface area contributed by atoms with Gasteiger partial charge < -0.3 is 10.5 Å². The van der Waals surface area contributed by atoms with E-state index in [0.717, 1.165) is 25.1 Å². The minimum absolute atomic E-state index is 0.476. The van der Waals surface area contributed by atoms with E-state index < -0.39 is 0 Å². The van der Waals surface area contributed by atoms with Crippen LogP contribution in [0.1, 0.15) is 16.0 Å². The number of rotatable bonds is 4. The van der Waals surface area contributed by atoms with Gasteiger partial charge in [0.25, 0.3) is 0 Å². The van der Waals surface area contributed by atoms with Gasteiger partial charge >= 0.3 is 0 Å². The van der Waals surface area contributed by atoms with Crippen LogP contribution in [0.2, 0.25) is 0 Å². The average molecular weight is 391 g/mol. The van der Waals surface area contributed by atoms with Crippen molar-refractivity contribution in [2.24, 2.45) is 5.73 Å². The third-order valence-electron chi connectivity index (χ3n) is 2.52. The van der Waals surface area contributed by atoms with E-state index >= 15 is 0 Å². The largest absolute Gasteiger partial charge is 0.487 e. The van der Waals surface area contributed by atoms with Gasteiger partial charge in [0, 0.05) is 21.5 Å². The quantitative estimate of drug-likeness (QED) is 0.826. The average Bonchev–Trinajstić information content (AvgIpc) is 2.73. The number of thiophene rings is 1. The van der Waals surface area contributed by atoms with E-state index in [1.807, 2.05) is 25.1 Å². The van der Waals surface area contributed by atoms with Gasteiger partial charge in [0.2, 0.25) is 0 Å². The van der Waals surface area contributed by atoms with Crippen LogP contribution in [-0.2, 0) is 13.2 Å². The second kappa shape index (κ2) is 6.19. The van der Waals surface area contributed by atoms with Crippen LogP contribution in [0.15, 0.2) is 32.5 Å². The van der Waals surface area contributed by atoms with E-state index in [4.69, 9.17) is 10.5 Å². The minimum Gasteiger partial charge on any atom is -0.487 e. The topological polar surface area (TPSA) is 35.2 Å². The Hall–Kier alpha value is -0.360. The molecule has 0 amide bonds. The molecule has 0 aliphatic heterocycles. The van der Waals surface area contributed by atoms with Crippen molar-refractivity contribution in [3.8, 4) is 5.75 Å². The fourth-order valence-electron chi connectivity index (χ4n) is 1.73. The molecule has 0 fully saturated rings. The third kappa shape index (κ3) is 3.35. The molecule has 2 nitrogen and oxygen atoms in total. The lowest BCUT2D eigenvalue weighted by molar-refractivity contribution is 0.304. The first kappa shape index (κ1) is 14.1. The monoisotopic (exact) mass is 389 g/mol. The van der Waals surface area contributed by atoms with Gasteiger partial charge in [0.1, 0.15) is 12.4 Å². The van der Waals surface area contributed by atoms with E-state index in [-0.39, 0.29) is 0 Å². The highest BCUT2D eigenvalue weighted by Gasteiger charge is 2.09. The van der Waals surface area contributed by atoms with Gasteiger partial charge in [-0.2, -0.15) is 0 Å². The summed E-state index contributed by atoms with van der Waals surface area (Å²) in [7, 11) is 0. The highest BCUT2D eigenvalue weighted by atomic mass is 79.9. The van der Waals surface area contributed by atoms with Crippen LogP contribution < -0.4 is 10.5 Å². The van der Waals surface area contributed by atoms with Crippen LogP contribution in [-0.4, -0.2) is 0 Å². The van der Waals surface area contributed by atoms with Gasteiger partial charge in [0.15, 0.2) is 0 Å². The molecule has 0 aliphatic rings. The summed E-state index contributed by atoms with van der Waals surface area (Å²) in [5.74, 6) is 0.894. The number of hydrogen-bond donors (Lipinski definition) is 1. The zero-order valence-corrected chi connectivity index (χ0v) is 13.9. The molecule has 96 valence electrons. The Labute approximate surface area is 127 Å². The van der Waals surface area contributed by atoms with Gasteiger partial charge in [-0.3, -0.25) is 0 Å². The molecule has 1 aromatic carbocycles. The second-order valence-electron chi connectivity index (χ2n) is 3.91. The molecular formula is C13H13Br2NOS. The van der Waals surface area contributed by atoms with E-state index in [9.17, 15) is 0 Å². The molecule has 0 aliphatic carbocycles. The molecule has 1 heterocycles. The first-order valence-electron chi connectivity index (χ1n) is 5.46. The van der Waals surface area contributed by atoms with Crippen LogP contribution in [0.5, 0.6) is 5.75 Å². The molecule has 0 radical (unpaired) electrons. The van der Waals surface area contributed by atoms with Crippen molar-refractivity contribution >= 4 is 43.2 Å². The number of hydrogen-bond acceptors (Lipinski definition) is 3. The van der Waals surface area contributed by atoms with E-state index in [1.165, 1.54) is 4.88 Å². The van der Waals surface area contributed by atoms with Gasteiger partial charge in [-0.25, -0.2) is 0 Å². The molecular weight excluding hydrogens is 378 g/mol. The van der Waals surface area contributed by atoms with Crippen molar-refractivity contribution in [3.05, 3.63) is 48.5 Å². The molecule has 0 spiro atoms. The first-order valence-corrected chi connectivity index (χ1v) is 7.86. The zero-order valence-electron chi connectivity index (χ0n) is 9.87. The SMILES string of the molecule is Cc1cc(Br)cc(CN)c1OCc1ccc(Br)s1. The Bertz CT molecular complexity index is 554. The summed E-state index contributed by atoms with van der Waals surface area (Å²) >= 11 is 8.60. The molecule has 2 N–H and O–H groups in total. The first-order chi connectivity index (χ1) is 8.60. The van der Waals surface area contributed by atoms with Crippen molar-refractivity contribution in [3.63, 3.8) is 0 Å². The lowest BCUT2D eigenvalue weighted by Gasteiger charge is -2.13. The van der Waals surface area contributed by atoms with Crippen LogP contribution in [0.3, 0.4) is 0 Å². The Morgan fingerprint density at radius 1 is 1.28 bits per heavy atom. The third-order valence-corrected chi connectivity index (χ3v) is 4.58. The Morgan fingerprint density at radius 3 is 2.67 bits per heavy atom. The summed E-state index contributed by atoms with van der Waals surface area (Å²) in [5, 5.41) is 0. The highest BCUT2D eigenvalue weighted by molar-refractivity contribution is 9.11. The van der Waals surface area contributed by atoms with Gasteiger partial charge in [0.05, 0.1) is 3.79 Å². The number of halogens is 2. The maximum absolute atomic E-state index is 5.90. The fourth-order valence-corrected chi connectivity index (χ4v) is 3.75. The lowest BCUT2D eigenvalue weighted by atomic mass is 10.1. The van der Waals surface area contributed by atoms with Crippen molar-refractivity contribution in [2.45, 2.75) is 20.1 Å². The van der Waals surface area contributed by atoms with Crippen molar-refractivity contribution in [1.29, 1.82) is 0 Å². The number of benzene rings is 1. The molecule has 1 aromatic heterocycles. The number of ether oxygens (including phenoxy) is 1. The second-order valence-corrected chi connectivity index (χ2v) is 7.37. The standard InChI is InChI=1S/C13H13Br2NOS/c1-8-4-10(14)5-9(6-16)13(8)17-7-11-2-3-12(15)18-11/h2-5H,6-7,16H2,1H3. The molecule has 5 heteroatoms. The molecule has 0 bridgehead atoms. The van der Waals surface area contributed by atoms with Crippen LogP contribution in [0, 0.1) is 6.92 Å². The van der Waals surface area contributed by atoms with Crippen LogP contribution in [0.4, 0.5) is 0 Å². The summed E-state index contributed by atoms with van der Waals surface area (Å²) in [6.45, 7) is 3.08. The molecule has 0 saturated carbocycles.